The SMILES string of the molecule is Cc1ccc(Oc2cccc(Br)c2C(=O)O)c([N+](=O)[O-])c1. The Morgan fingerprint density at radius 1 is 1.29 bits per heavy atom. The van der Waals surface area contributed by atoms with Crippen LogP contribution in [0, 0.1) is 17.0 Å². The van der Waals surface area contributed by atoms with Crippen LogP contribution < -0.4 is 4.74 Å². The topological polar surface area (TPSA) is 89.7 Å². The van der Waals surface area contributed by atoms with E-state index in [4.69, 9.17) is 4.74 Å². The van der Waals surface area contributed by atoms with Crippen molar-refractivity contribution in [1.29, 1.82) is 0 Å². The van der Waals surface area contributed by atoms with Gasteiger partial charge in [0.1, 0.15) is 11.3 Å². The summed E-state index contributed by atoms with van der Waals surface area (Å²) in [4.78, 5) is 21.7. The molecule has 0 saturated heterocycles. The lowest BCUT2D eigenvalue weighted by Gasteiger charge is -2.10. The largest absolute Gasteiger partial charge is 0.478 e. The van der Waals surface area contributed by atoms with Crippen LogP contribution in [0.1, 0.15) is 15.9 Å². The minimum Gasteiger partial charge on any atom is -0.478 e. The number of nitro benzene ring substituents is 1. The number of hydrogen-bond donors (Lipinski definition) is 1. The summed E-state index contributed by atoms with van der Waals surface area (Å²) >= 11 is 3.13. The Labute approximate surface area is 128 Å². The molecule has 108 valence electrons. The van der Waals surface area contributed by atoms with Gasteiger partial charge in [-0.25, -0.2) is 4.79 Å². The maximum absolute atomic E-state index is 11.3. The molecule has 0 unspecified atom stereocenters. The summed E-state index contributed by atoms with van der Waals surface area (Å²) in [6.45, 7) is 1.72. The molecule has 0 heterocycles. The first-order valence-corrected chi connectivity index (χ1v) is 6.64. The third-order valence-electron chi connectivity index (χ3n) is 2.72. The number of aryl methyl sites for hydroxylation is 1. The number of ether oxygens (including phenoxy) is 1. The summed E-state index contributed by atoms with van der Waals surface area (Å²) < 4.78 is 5.78. The monoisotopic (exact) mass is 351 g/mol. The quantitative estimate of drug-likeness (QED) is 0.659. The van der Waals surface area contributed by atoms with Crippen molar-refractivity contribution in [3.63, 3.8) is 0 Å². The van der Waals surface area contributed by atoms with Crippen LogP contribution in [0.15, 0.2) is 40.9 Å². The molecule has 7 heteroatoms. The van der Waals surface area contributed by atoms with Gasteiger partial charge in [-0.3, -0.25) is 10.1 Å². The molecule has 0 atom stereocenters. The maximum atomic E-state index is 11.3. The molecule has 0 spiro atoms. The van der Waals surface area contributed by atoms with Crippen LogP contribution in [0.2, 0.25) is 0 Å². The zero-order valence-corrected chi connectivity index (χ0v) is 12.5. The normalized spacial score (nSPS) is 10.2. The van der Waals surface area contributed by atoms with Gasteiger partial charge in [-0.05, 0) is 46.6 Å². The Balaban J connectivity index is 2.51. The number of hydrogen-bond acceptors (Lipinski definition) is 4. The van der Waals surface area contributed by atoms with E-state index in [-0.39, 0.29) is 22.7 Å². The van der Waals surface area contributed by atoms with Gasteiger partial charge in [0.05, 0.1) is 4.92 Å². The van der Waals surface area contributed by atoms with Gasteiger partial charge in [0.2, 0.25) is 5.75 Å². The van der Waals surface area contributed by atoms with E-state index in [2.05, 4.69) is 15.9 Å². The highest BCUT2D eigenvalue weighted by atomic mass is 79.9. The van der Waals surface area contributed by atoms with Crippen LogP contribution in [0.4, 0.5) is 5.69 Å². The van der Waals surface area contributed by atoms with Crippen molar-refractivity contribution < 1.29 is 19.6 Å². The second kappa shape index (κ2) is 5.92. The number of carboxylic acids is 1. The fourth-order valence-electron chi connectivity index (χ4n) is 1.77. The van der Waals surface area contributed by atoms with Gasteiger partial charge in [-0.1, -0.05) is 12.1 Å². The van der Waals surface area contributed by atoms with Gasteiger partial charge in [0.25, 0.3) is 0 Å². The van der Waals surface area contributed by atoms with Crippen molar-refractivity contribution in [2.24, 2.45) is 0 Å². The minimum atomic E-state index is -1.19. The predicted octanol–water partition coefficient (Wildman–Crippen LogP) is 4.16. The van der Waals surface area contributed by atoms with Crippen LogP contribution in [0.3, 0.4) is 0 Å². The fourth-order valence-corrected chi connectivity index (χ4v) is 2.29. The summed E-state index contributed by atoms with van der Waals surface area (Å²) in [5.74, 6) is -1.16. The summed E-state index contributed by atoms with van der Waals surface area (Å²) in [5.41, 5.74) is 0.403. The Kier molecular flexibility index (Phi) is 4.23. The first-order chi connectivity index (χ1) is 9.90. The molecule has 0 aliphatic rings. The van der Waals surface area contributed by atoms with Crippen molar-refractivity contribution in [2.75, 3.05) is 0 Å². The molecule has 0 aliphatic heterocycles. The van der Waals surface area contributed by atoms with Gasteiger partial charge in [-0.15, -0.1) is 0 Å². The standard InChI is InChI=1S/C14H10BrNO5/c1-8-5-6-11(10(7-8)16(19)20)21-12-4-2-3-9(15)13(12)14(17)18/h2-7H,1H3,(H,17,18). The molecule has 0 saturated carbocycles. The number of halogens is 1. The van der Waals surface area contributed by atoms with E-state index in [0.29, 0.717) is 10.0 Å². The molecule has 6 nitrogen and oxygen atoms in total. The van der Waals surface area contributed by atoms with Crippen LogP contribution >= 0.6 is 15.9 Å². The van der Waals surface area contributed by atoms with Crippen molar-refractivity contribution in [2.45, 2.75) is 6.92 Å². The van der Waals surface area contributed by atoms with E-state index in [1.807, 2.05) is 0 Å². The average Bonchev–Trinajstić information content (AvgIpc) is 2.40. The first kappa shape index (κ1) is 15.0. The highest BCUT2D eigenvalue weighted by Gasteiger charge is 2.20. The lowest BCUT2D eigenvalue weighted by molar-refractivity contribution is -0.385. The highest BCUT2D eigenvalue weighted by molar-refractivity contribution is 9.10. The van der Waals surface area contributed by atoms with Crippen LogP contribution in [-0.2, 0) is 0 Å². The summed E-state index contributed by atoms with van der Waals surface area (Å²) in [6, 6.07) is 9.05. The molecule has 21 heavy (non-hydrogen) atoms. The van der Waals surface area contributed by atoms with Gasteiger partial charge < -0.3 is 9.84 Å². The Morgan fingerprint density at radius 3 is 2.62 bits per heavy atom. The van der Waals surface area contributed by atoms with Crippen molar-refractivity contribution in [3.8, 4) is 11.5 Å². The smallest absolute Gasteiger partial charge is 0.340 e. The number of carboxylic acid groups (broad SMARTS) is 1. The molecule has 0 aliphatic carbocycles. The number of nitrogens with zero attached hydrogens (tertiary/aromatic N) is 1. The summed E-state index contributed by atoms with van der Waals surface area (Å²) in [5, 5.41) is 20.3. The number of nitro groups is 1. The number of carbonyl (C=O) groups is 1. The van der Waals surface area contributed by atoms with Crippen molar-refractivity contribution in [1.82, 2.24) is 0 Å². The van der Waals surface area contributed by atoms with Gasteiger partial charge >= 0.3 is 11.7 Å². The average molecular weight is 352 g/mol. The Hall–Kier alpha value is -2.41. The molecular formula is C14H10BrNO5. The number of aromatic carboxylic acids is 1. The molecule has 2 aromatic rings. The molecule has 0 bridgehead atoms. The number of benzene rings is 2. The zero-order chi connectivity index (χ0) is 15.6. The molecule has 0 radical (unpaired) electrons. The maximum Gasteiger partial charge on any atom is 0.340 e. The van der Waals surface area contributed by atoms with Crippen molar-refractivity contribution in [3.05, 3.63) is 62.1 Å². The van der Waals surface area contributed by atoms with E-state index >= 15 is 0 Å². The predicted molar refractivity (Wildman–Crippen MR) is 79.0 cm³/mol. The van der Waals surface area contributed by atoms with Crippen molar-refractivity contribution >= 4 is 27.6 Å². The minimum absolute atomic E-state index is 0.00815. The molecular weight excluding hydrogens is 342 g/mol. The Morgan fingerprint density at radius 2 is 2.00 bits per heavy atom. The first-order valence-electron chi connectivity index (χ1n) is 5.85. The van der Waals surface area contributed by atoms with E-state index in [9.17, 15) is 20.0 Å². The van der Waals surface area contributed by atoms with Gasteiger partial charge in [-0.2, -0.15) is 0 Å². The van der Waals surface area contributed by atoms with Gasteiger partial charge in [0.15, 0.2) is 0 Å². The highest BCUT2D eigenvalue weighted by Crippen LogP contribution is 2.35. The second-order valence-electron chi connectivity index (χ2n) is 4.25. The van der Waals surface area contributed by atoms with E-state index in [1.165, 1.54) is 18.2 Å². The van der Waals surface area contributed by atoms with Gasteiger partial charge in [0, 0.05) is 10.5 Å². The summed E-state index contributed by atoms with van der Waals surface area (Å²) in [7, 11) is 0. The lowest BCUT2D eigenvalue weighted by atomic mass is 10.2. The lowest BCUT2D eigenvalue weighted by Crippen LogP contribution is -2.02. The third-order valence-corrected chi connectivity index (χ3v) is 3.38. The fraction of sp³-hybridized carbons (Fsp3) is 0.0714. The number of rotatable bonds is 4. The van der Waals surface area contributed by atoms with Crippen LogP contribution in [-0.4, -0.2) is 16.0 Å². The molecule has 2 rings (SSSR count). The molecule has 0 amide bonds. The zero-order valence-electron chi connectivity index (χ0n) is 10.9. The molecule has 0 aromatic heterocycles. The van der Waals surface area contributed by atoms with E-state index in [0.717, 1.165) is 0 Å². The molecule has 0 fully saturated rings. The summed E-state index contributed by atoms with van der Waals surface area (Å²) in [6.07, 6.45) is 0. The second-order valence-corrected chi connectivity index (χ2v) is 5.10. The van der Waals surface area contributed by atoms with E-state index in [1.54, 1.807) is 25.1 Å². The molecule has 2 aromatic carbocycles. The molecule has 1 N–H and O–H groups in total. The third kappa shape index (κ3) is 3.19. The van der Waals surface area contributed by atoms with E-state index < -0.39 is 10.9 Å². The Bertz CT molecular complexity index is 729. The van der Waals surface area contributed by atoms with Crippen LogP contribution in [0.25, 0.3) is 0 Å². The van der Waals surface area contributed by atoms with Crippen LogP contribution in [0.5, 0.6) is 11.5 Å².